The van der Waals surface area contributed by atoms with Gasteiger partial charge in [-0.2, -0.15) is 0 Å². The lowest BCUT2D eigenvalue weighted by Gasteiger charge is -2.25. The SMILES string of the molecule is CCN(Cc1cccc(C)c1)C(=O)CCC1CCNCC1. The standard InChI is InChI=1S/C18H28N2O/c1-3-20(14-17-6-4-5-15(2)13-17)18(21)8-7-16-9-11-19-12-10-16/h4-6,13,16,19H,3,7-12,14H2,1-2H3. The molecule has 0 atom stereocenters. The largest absolute Gasteiger partial charge is 0.339 e. The molecule has 116 valence electrons. The third-order valence-corrected chi connectivity index (χ3v) is 4.42. The maximum absolute atomic E-state index is 12.4. The zero-order chi connectivity index (χ0) is 15.1. The molecule has 2 rings (SSSR count). The third kappa shape index (κ3) is 5.16. The number of aryl methyl sites for hydroxylation is 1. The number of benzene rings is 1. The molecule has 0 bridgehead atoms. The Labute approximate surface area is 128 Å². The van der Waals surface area contributed by atoms with E-state index in [1.807, 2.05) is 4.90 Å². The first-order valence-corrected chi connectivity index (χ1v) is 8.23. The Hall–Kier alpha value is -1.35. The molecule has 1 aromatic rings. The van der Waals surface area contributed by atoms with Crippen molar-refractivity contribution < 1.29 is 4.79 Å². The summed E-state index contributed by atoms with van der Waals surface area (Å²) in [6.45, 7) is 7.92. The molecule has 3 heteroatoms. The van der Waals surface area contributed by atoms with Crippen LogP contribution in [0.3, 0.4) is 0 Å². The second-order valence-electron chi connectivity index (χ2n) is 6.13. The molecule has 0 saturated carbocycles. The van der Waals surface area contributed by atoms with Crippen LogP contribution in [0.5, 0.6) is 0 Å². The van der Waals surface area contributed by atoms with Crippen LogP contribution in [0, 0.1) is 12.8 Å². The summed E-state index contributed by atoms with van der Waals surface area (Å²) in [7, 11) is 0. The minimum atomic E-state index is 0.303. The van der Waals surface area contributed by atoms with Gasteiger partial charge in [0.1, 0.15) is 0 Å². The molecular formula is C18H28N2O. The van der Waals surface area contributed by atoms with Gasteiger partial charge < -0.3 is 10.2 Å². The summed E-state index contributed by atoms with van der Waals surface area (Å²) >= 11 is 0. The van der Waals surface area contributed by atoms with E-state index < -0.39 is 0 Å². The van der Waals surface area contributed by atoms with Gasteiger partial charge in [0.05, 0.1) is 0 Å². The summed E-state index contributed by atoms with van der Waals surface area (Å²) in [5.74, 6) is 1.03. The predicted octanol–water partition coefficient (Wildman–Crippen LogP) is 3.12. The summed E-state index contributed by atoms with van der Waals surface area (Å²) in [5, 5.41) is 3.38. The number of hydrogen-bond acceptors (Lipinski definition) is 2. The van der Waals surface area contributed by atoms with Gasteiger partial charge in [-0.15, -0.1) is 0 Å². The van der Waals surface area contributed by atoms with Crippen LogP contribution in [-0.2, 0) is 11.3 Å². The lowest BCUT2D eigenvalue weighted by atomic mass is 9.93. The van der Waals surface area contributed by atoms with Gasteiger partial charge >= 0.3 is 0 Å². The van der Waals surface area contributed by atoms with Crippen LogP contribution >= 0.6 is 0 Å². The van der Waals surface area contributed by atoms with Crippen LogP contribution < -0.4 is 5.32 Å². The number of piperidine rings is 1. The minimum Gasteiger partial charge on any atom is -0.339 e. The second kappa shape index (κ2) is 8.18. The number of nitrogens with one attached hydrogen (secondary N) is 1. The molecule has 0 unspecified atom stereocenters. The average molecular weight is 288 g/mol. The molecule has 1 aromatic carbocycles. The molecule has 1 N–H and O–H groups in total. The fourth-order valence-electron chi connectivity index (χ4n) is 3.06. The highest BCUT2D eigenvalue weighted by Gasteiger charge is 2.17. The molecule has 1 fully saturated rings. The summed E-state index contributed by atoms with van der Waals surface area (Å²) in [6.07, 6.45) is 4.18. The van der Waals surface area contributed by atoms with Crippen LogP contribution in [0.1, 0.15) is 43.7 Å². The Morgan fingerprint density at radius 3 is 2.76 bits per heavy atom. The Morgan fingerprint density at radius 1 is 1.33 bits per heavy atom. The molecule has 1 aliphatic rings. The monoisotopic (exact) mass is 288 g/mol. The smallest absolute Gasteiger partial charge is 0.222 e. The zero-order valence-electron chi connectivity index (χ0n) is 13.4. The molecule has 1 aliphatic heterocycles. The van der Waals surface area contributed by atoms with Crippen LogP contribution in [0.4, 0.5) is 0 Å². The average Bonchev–Trinajstić information content (AvgIpc) is 2.51. The molecule has 0 spiro atoms. The van der Waals surface area contributed by atoms with Crippen molar-refractivity contribution >= 4 is 5.91 Å². The van der Waals surface area contributed by atoms with Crippen LogP contribution in [-0.4, -0.2) is 30.4 Å². The minimum absolute atomic E-state index is 0.303. The summed E-state index contributed by atoms with van der Waals surface area (Å²) < 4.78 is 0. The van der Waals surface area contributed by atoms with Crippen LogP contribution in [0.15, 0.2) is 24.3 Å². The third-order valence-electron chi connectivity index (χ3n) is 4.42. The normalized spacial score (nSPS) is 15.9. The lowest BCUT2D eigenvalue weighted by Crippen LogP contribution is -2.32. The second-order valence-corrected chi connectivity index (χ2v) is 6.13. The first-order valence-electron chi connectivity index (χ1n) is 8.23. The molecule has 21 heavy (non-hydrogen) atoms. The molecule has 1 heterocycles. The van der Waals surface area contributed by atoms with E-state index in [0.717, 1.165) is 38.5 Å². The van der Waals surface area contributed by atoms with Gasteiger partial charge in [0, 0.05) is 19.5 Å². The molecule has 1 saturated heterocycles. The predicted molar refractivity (Wildman–Crippen MR) is 87.1 cm³/mol. The lowest BCUT2D eigenvalue weighted by molar-refractivity contribution is -0.132. The zero-order valence-corrected chi connectivity index (χ0v) is 13.4. The number of carbonyl (C=O) groups excluding carboxylic acids is 1. The van der Waals surface area contributed by atoms with Gasteiger partial charge in [-0.05, 0) is 57.7 Å². The van der Waals surface area contributed by atoms with Crippen molar-refractivity contribution in [3.8, 4) is 0 Å². The highest BCUT2D eigenvalue weighted by molar-refractivity contribution is 5.76. The Balaban J connectivity index is 1.83. The summed E-state index contributed by atoms with van der Waals surface area (Å²) in [6, 6.07) is 8.44. The number of nitrogens with zero attached hydrogens (tertiary/aromatic N) is 1. The van der Waals surface area contributed by atoms with Gasteiger partial charge in [0.15, 0.2) is 0 Å². The van der Waals surface area contributed by atoms with E-state index in [-0.39, 0.29) is 0 Å². The van der Waals surface area contributed by atoms with Gasteiger partial charge in [0.2, 0.25) is 5.91 Å². The maximum Gasteiger partial charge on any atom is 0.222 e. The van der Waals surface area contributed by atoms with Crippen LogP contribution in [0.2, 0.25) is 0 Å². The van der Waals surface area contributed by atoms with E-state index in [4.69, 9.17) is 0 Å². The van der Waals surface area contributed by atoms with Crippen molar-refractivity contribution in [2.45, 2.75) is 46.1 Å². The first kappa shape index (κ1) is 16.0. The molecule has 0 aromatic heterocycles. The molecule has 3 nitrogen and oxygen atoms in total. The first-order chi connectivity index (χ1) is 10.2. The van der Waals surface area contributed by atoms with Gasteiger partial charge in [-0.1, -0.05) is 29.8 Å². The topological polar surface area (TPSA) is 32.3 Å². The van der Waals surface area contributed by atoms with E-state index >= 15 is 0 Å². The van der Waals surface area contributed by atoms with Crippen LogP contribution in [0.25, 0.3) is 0 Å². The van der Waals surface area contributed by atoms with E-state index in [0.29, 0.717) is 12.3 Å². The van der Waals surface area contributed by atoms with Crippen molar-refractivity contribution in [2.75, 3.05) is 19.6 Å². The Kier molecular flexibility index (Phi) is 6.24. The van der Waals surface area contributed by atoms with E-state index in [2.05, 4.69) is 43.4 Å². The number of rotatable bonds is 6. The molecular weight excluding hydrogens is 260 g/mol. The van der Waals surface area contributed by atoms with Gasteiger partial charge in [-0.25, -0.2) is 0 Å². The summed E-state index contributed by atoms with van der Waals surface area (Å²) in [5.41, 5.74) is 2.48. The summed E-state index contributed by atoms with van der Waals surface area (Å²) in [4.78, 5) is 14.4. The number of carbonyl (C=O) groups is 1. The number of amides is 1. The highest BCUT2D eigenvalue weighted by Crippen LogP contribution is 2.19. The van der Waals surface area contributed by atoms with Crippen molar-refractivity contribution in [3.63, 3.8) is 0 Å². The maximum atomic E-state index is 12.4. The number of hydrogen-bond donors (Lipinski definition) is 1. The fraction of sp³-hybridized carbons (Fsp3) is 0.611. The van der Waals surface area contributed by atoms with Crippen molar-refractivity contribution in [3.05, 3.63) is 35.4 Å². The molecule has 0 aliphatic carbocycles. The highest BCUT2D eigenvalue weighted by atomic mass is 16.2. The quantitative estimate of drug-likeness (QED) is 0.872. The Bertz CT molecular complexity index is 452. The van der Waals surface area contributed by atoms with Crippen molar-refractivity contribution in [1.82, 2.24) is 10.2 Å². The van der Waals surface area contributed by atoms with Crippen molar-refractivity contribution in [1.29, 1.82) is 0 Å². The fourth-order valence-corrected chi connectivity index (χ4v) is 3.06. The van der Waals surface area contributed by atoms with Gasteiger partial charge in [0.25, 0.3) is 0 Å². The Morgan fingerprint density at radius 2 is 2.10 bits per heavy atom. The van der Waals surface area contributed by atoms with Crippen molar-refractivity contribution in [2.24, 2.45) is 5.92 Å². The van der Waals surface area contributed by atoms with Gasteiger partial charge in [-0.3, -0.25) is 4.79 Å². The van der Waals surface area contributed by atoms with E-state index in [9.17, 15) is 4.79 Å². The molecule has 0 radical (unpaired) electrons. The van der Waals surface area contributed by atoms with E-state index in [1.165, 1.54) is 24.0 Å². The van der Waals surface area contributed by atoms with E-state index in [1.54, 1.807) is 0 Å². The molecule has 1 amide bonds.